The first kappa shape index (κ1) is 26.0. The molecule has 1 saturated heterocycles. The summed E-state index contributed by atoms with van der Waals surface area (Å²) in [6.45, 7) is 1.81. The van der Waals surface area contributed by atoms with Crippen LogP contribution in [0.15, 0.2) is 42.5 Å². The molecule has 0 bridgehead atoms. The maximum atomic E-state index is 13.0. The molecule has 1 saturated carbocycles. The number of carbonyl (C=O) groups excluding carboxylic acids is 2. The topological polar surface area (TPSA) is 73.9 Å². The van der Waals surface area contributed by atoms with Crippen LogP contribution in [0, 0.1) is 5.92 Å². The number of rotatable bonds is 9. The lowest BCUT2D eigenvalue weighted by Crippen LogP contribution is -2.53. The highest BCUT2D eigenvalue weighted by atomic mass is 19.4. The summed E-state index contributed by atoms with van der Waals surface area (Å²) in [5.41, 5.74) is 1.13. The third-order valence-electron chi connectivity index (χ3n) is 6.98. The molecule has 2 fully saturated rings. The molecule has 1 N–H and O–H groups in total. The second kappa shape index (κ2) is 10.9. The molecule has 2 aliphatic rings. The Bertz CT molecular complexity index is 1080. The molecule has 2 aromatic rings. The van der Waals surface area contributed by atoms with Gasteiger partial charge in [0.1, 0.15) is 5.54 Å². The first-order valence-corrected chi connectivity index (χ1v) is 12.0. The van der Waals surface area contributed by atoms with Crippen LogP contribution < -0.4 is 14.8 Å². The predicted molar refractivity (Wildman–Crippen MR) is 126 cm³/mol. The summed E-state index contributed by atoms with van der Waals surface area (Å²) >= 11 is 0. The quantitative estimate of drug-likeness (QED) is 0.533. The van der Waals surface area contributed by atoms with Crippen molar-refractivity contribution in [2.75, 3.05) is 26.9 Å². The Morgan fingerprint density at radius 2 is 1.89 bits per heavy atom. The van der Waals surface area contributed by atoms with Crippen LogP contribution in [0.3, 0.4) is 0 Å². The Morgan fingerprint density at radius 3 is 2.50 bits per heavy atom. The molecule has 4 rings (SSSR count). The summed E-state index contributed by atoms with van der Waals surface area (Å²) in [6, 6.07) is 12.9. The van der Waals surface area contributed by atoms with Gasteiger partial charge in [0.05, 0.1) is 32.8 Å². The zero-order chi connectivity index (χ0) is 25.8. The molecule has 1 radical (unpaired) electrons. The van der Waals surface area contributed by atoms with E-state index in [1.54, 1.807) is 12.4 Å². The number of benzene rings is 2. The van der Waals surface area contributed by atoms with Crippen LogP contribution in [0.1, 0.15) is 53.1 Å². The fourth-order valence-electron chi connectivity index (χ4n) is 4.62. The molecule has 2 aromatic carbocycles. The number of carbonyl (C=O) groups is 1. The minimum Gasteiger partial charge on any atom is -0.493 e. The minimum atomic E-state index is -4.31. The van der Waals surface area contributed by atoms with Gasteiger partial charge >= 0.3 is 6.18 Å². The molecular weight excluding hydrogens is 475 g/mol. The van der Waals surface area contributed by atoms with E-state index in [0.717, 1.165) is 18.8 Å². The van der Waals surface area contributed by atoms with E-state index >= 15 is 0 Å². The van der Waals surface area contributed by atoms with Crippen molar-refractivity contribution in [3.8, 4) is 11.5 Å². The van der Waals surface area contributed by atoms with Crippen LogP contribution in [0.5, 0.6) is 11.5 Å². The summed E-state index contributed by atoms with van der Waals surface area (Å²) in [6.07, 6.45) is -2.57. The highest BCUT2D eigenvalue weighted by Gasteiger charge is 2.47. The van der Waals surface area contributed by atoms with Crippen LogP contribution in [-0.4, -0.2) is 50.8 Å². The maximum absolute atomic E-state index is 13.0. The Balaban J connectivity index is 1.39. The van der Waals surface area contributed by atoms with Gasteiger partial charge < -0.3 is 19.5 Å². The molecule has 193 valence electrons. The van der Waals surface area contributed by atoms with E-state index in [1.807, 2.05) is 12.1 Å². The molecule has 0 aromatic heterocycles. The number of alkyl halides is 3. The van der Waals surface area contributed by atoms with Crippen LogP contribution >= 0.6 is 0 Å². The lowest BCUT2D eigenvalue weighted by Gasteiger charge is -2.36. The third kappa shape index (κ3) is 6.00. The Hall–Kier alpha value is -3.07. The fraction of sp³-hybridized carbons (Fsp3) is 0.481. The van der Waals surface area contributed by atoms with E-state index in [-0.39, 0.29) is 31.2 Å². The number of hydrogen-bond donors (Lipinski definition) is 1. The summed E-state index contributed by atoms with van der Waals surface area (Å²) in [4.78, 5) is 24.6. The van der Waals surface area contributed by atoms with Crippen molar-refractivity contribution >= 4 is 12.2 Å². The molecule has 1 aliphatic heterocycles. The highest BCUT2D eigenvalue weighted by molar-refractivity contribution is 5.97. The maximum Gasteiger partial charge on any atom is 0.391 e. The van der Waals surface area contributed by atoms with Crippen molar-refractivity contribution in [2.45, 2.75) is 49.7 Å². The third-order valence-corrected chi connectivity index (χ3v) is 6.98. The smallest absolute Gasteiger partial charge is 0.391 e. The fourth-order valence-corrected chi connectivity index (χ4v) is 4.62. The molecular formula is C27H29F3NO5. The number of ether oxygens (including phenoxy) is 3. The van der Waals surface area contributed by atoms with Crippen LogP contribution in [0.25, 0.3) is 0 Å². The Kier molecular flexibility index (Phi) is 7.88. The number of methoxy groups -OCH3 is 1. The van der Waals surface area contributed by atoms with Gasteiger partial charge in [-0.05, 0) is 55.0 Å². The van der Waals surface area contributed by atoms with Gasteiger partial charge in [-0.15, -0.1) is 0 Å². The lowest BCUT2D eigenvalue weighted by atomic mass is 9.77. The van der Waals surface area contributed by atoms with E-state index in [0.29, 0.717) is 30.4 Å². The SMILES string of the molecule is COc1ccc(C(=O)NC2([C]=O)CCC(C(F)(F)F)CC2)cc1OCCc1cccc(C2COC2)c1. The average Bonchev–Trinajstić information content (AvgIpc) is 2.83. The number of amides is 1. The van der Waals surface area contributed by atoms with Crippen molar-refractivity contribution in [2.24, 2.45) is 5.92 Å². The second-order valence-electron chi connectivity index (χ2n) is 9.40. The first-order valence-electron chi connectivity index (χ1n) is 12.0. The van der Waals surface area contributed by atoms with Crippen LogP contribution in [-0.2, 0) is 16.0 Å². The van der Waals surface area contributed by atoms with E-state index in [2.05, 4.69) is 17.4 Å². The van der Waals surface area contributed by atoms with Crippen molar-refractivity contribution in [1.82, 2.24) is 5.32 Å². The van der Waals surface area contributed by atoms with Gasteiger partial charge in [0.25, 0.3) is 5.91 Å². The number of hydrogen-bond acceptors (Lipinski definition) is 5. The van der Waals surface area contributed by atoms with Crippen LogP contribution in [0.4, 0.5) is 13.2 Å². The van der Waals surface area contributed by atoms with Gasteiger partial charge in [0, 0.05) is 17.9 Å². The average molecular weight is 505 g/mol. The molecule has 9 heteroatoms. The molecule has 1 heterocycles. The first-order chi connectivity index (χ1) is 17.2. The van der Waals surface area contributed by atoms with Crippen molar-refractivity contribution in [3.63, 3.8) is 0 Å². The molecule has 1 amide bonds. The minimum absolute atomic E-state index is 0.113. The van der Waals surface area contributed by atoms with Gasteiger partial charge in [-0.1, -0.05) is 24.3 Å². The standard InChI is InChI=1S/C27H29F3NO5/c1-34-23-6-5-20(25(33)31-26(17-32)10-7-22(8-11-26)27(28,29)30)14-24(23)36-12-9-18-3-2-4-19(13-18)21-15-35-16-21/h2-6,13-14,21-22H,7-12,15-16H2,1H3,(H,31,33). The Labute approximate surface area is 208 Å². The summed E-state index contributed by atoms with van der Waals surface area (Å²) in [5.74, 6) is -0.823. The van der Waals surface area contributed by atoms with Gasteiger partial charge in [-0.25, -0.2) is 0 Å². The van der Waals surface area contributed by atoms with Crippen molar-refractivity contribution in [1.29, 1.82) is 0 Å². The van der Waals surface area contributed by atoms with E-state index in [4.69, 9.17) is 14.2 Å². The van der Waals surface area contributed by atoms with Gasteiger partial charge in [-0.2, -0.15) is 13.2 Å². The van der Waals surface area contributed by atoms with Gasteiger partial charge in [0.15, 0.2) is 11.5 Å². The largest absolute Gasteiger partial charge is 0.493 e. The summed E-state index contributed by atoms with van der Waals surface area (Å²) < 4.78 is 55.6. The summed E-state index contributed by atoms with van der Waals surface area (Å²) in [7, 11) is 1.49. The van der Waals surface area contributed by atoms with Crippen LogP contribution in [0.2, 0.25) is 0 Å². The monoisotopic (exact) mass is 504 g/mol. The predicted octanol–water partition coefficient (Wildman–Crippen LogP) is 4.76. The molecule has 0 unspecified atom stereocenters. The molecule has 6 nitrogen and oxygen atoms in total. The van der Waals surface area contributed by atoms with Crippen molar-refractivity contribution < 1.29 is 37.0 Å². The molecule has 0 spiro atoms. The van der Waals surface area contributed by atoms with Crippen molar-refractivity contribution in [3.05, 3.63) is 59.2 Å². The molecule has 1 aliphatic carbocycles. The normalized spacial score (nSPS) is 22.4. The van der Waals surface area contributed by atoms with Gasteiger partial charge in [-0.3, -0.25) is 9.59 Å². The number of halogens is 3. The second-order valence-corrected chi connectivity index (χ2v) is 9.40. The lowest BCUT2D eigenvalue weighted by molar-refractivity contribution is -0.183. The molecule has 36 heavy (non-hydrogen) atoms. The zero-order valence-electron chi connectivity index (χ0n) is 20.0. The Morgan fingerprint density at radius 1 is 1.14 bits per heavy atom. The van der Waals surface area contributed by atoms with Gasteiger partial charge in [0.2, 0.25) is 6.29 Å². The van der Waals surface area contributed by atoms with E-state index in [9.17, 15) is 22.8 Å². The highest BCUT2D eigenvalue weighted by Crippen LogP contribution is 2.40. The summed E-state index contributed by atoms with van der Waals surface area (Å²) in [5, 5.41) is 2.61. The zero-order valence-corrected chi connectivity index (χ0v) is 20.0. The van der Waals surface area contributed by atoms with E-state index in [1.165, 1.54) is 24.8 Å². The molecule has 0 atom stereocenters. The number of nitrogens with one attached hydrogen (secondary N) is 1. The van der Waals surface area contributed by atoms with E-state index < -0.39 is 23.5 Å².